The number of thioether (sulfide) groups is 1. The molecule has 0 saturated carbocycles. The topological polar surface area (TPSA) is 3.24 Å². The number of benzene rings is 1. The van der Waals surface area contributed by atoms with Crippen LogP contribution in [0.25, 0.3) is 0 Å². The lowest BCUT2D eigenvalue weighted by Crippen LogP contribution is -2.36. The number of nitrogens with zero attached hydrogens (tertiary/aromatic N) is 1. The molecule has 2 rings (SSSR count). The van der Waals surface area contributed by atoms with Crippen LogP contribution in [0.1, 0.15) is 5.56 Å². The van der Waals surface area contributed by atoms with E-state index in [1.165, 1.54) is 6.07 Å². The van der Waals surface area contributed by atoms with Gasteiger partial charge in [0.1, 0.15) is 7.85 Å². The maximum atomic E-state index is 12.6. The summed E-state index contributed by atoms with van der Waals surface area (Å²) in [5, 5.41) is 0. The van der Waals surface area contributed by atoms with Gasteiger partial charge in [0.15, 0.2) is 0 Å². The molecule has 1 aromatic carbocycles. The van der Waals surface area contributed by atoms with E-state index in [-0.39, 0.29) is 0 Å². The molecule has 6 heteroatoms. The predicted octanol–water partition coefficient (Wildman–Crippen LogP) is 2.05. The first kappa shape index (κ1) is 12.7. The Morgan fingerprint density at radius 2 is 1.82 bits per heavy atom. The highest BCUT2D eigenvalue weighted by Gasteiger charge is 2.31. The van der Waals surface area contributed by atoms with Gasteiger partial charge in [-0.25, -0.2) is 0 Å². The fourth-order valence-electron chi connectivity index (χ4n) is 1.80. The molecule has 0 bridgehead atoms. The van der Waals surface area contributed by atoms with Crippen molar-refractivity contribution in [1.29, 1.82) is 0 Å². The summed E-state index contributed by atoms with van der Waals surface area (Å²) < 4.78 is 37.8. The Balaban J connectivity index is 2.31. The Morgan fingerprint density at radius 3 is 2.41 bits per heavy atom. The molecule has 0 N–H and O–H groups in total. The van der Waals surface area contributed by atoms with Gasteiger partial charge in [0.2, 0.25) is 0 Å². The van der Waals surface area contributed by atoms with Crippen LogP contribution in [0.2, 0.25) is 0 Å². The molecule has 1 nitrogen and oxygen atoms in total. The highest BCUT2D eigenvalue weighted by molar-refractivity contribution is 7.99. The summed E-state index contributed by atoms with van der Waals surface area (Å²) in [5.74, 6) is 1.85. The van der Waals surface area contributed by atoms with Crippen molar-refractivity contribution in [2.45, 2.75) is 6.18 Å². The van der Waals surface area contributed by atoms with Crippen LogP contribution in [0.5, 0.6) is 0 Å². The summed E-state index contributed by atoms with van der Waals surface area (Å²) >= 11 is 1.80. The number of halogens is 3. The van der Waals surface area contributed by atoms with Crippen molar-refractivity contribution >= 4 is 30.8 Å². The van der Waals surface area contributed by atoms with E-state index in [4.69, 9.17) is 7.85 Å². The fraction of sp³-hybridized carbons (Fsp3) is 0.455. The van der Waals surface area contributed by atoms with Crippen molar-refractivity contribution in [2.75, 3.05) is 29.5 Å². The Hall–Kier alpha value is -0.775. The summed E-state index contributed by atoms with van der Waals surface area (Å²) in [4.78, 5) is 1.92. The molecule has 1 aliphatic rings. The molecule has 90 valence electrons. The summed E-state index contributed by atoms with van der Waals surface area (Å²) in [6.45, 7) is 1.49. The molecule has 1 heterocycles. The van der Waals surface area contributed by atoms with Crippen LogP contribution >= 0.6 is 11.8 Å². The quantitative estimate of drug-likeness (QED) is 0.708. The first-order valence-corrected chi connectivity index (χ1v) is 6.43. The molecule has 0 atom stereocenters. The molecule has 0 amide bonds. The van der Waals surface area contributed by atoms with Crippen molar-refractivity contribution in [3.8, 4) is 0 Å². The zero-order valence-corrected chi connectivity index (χ0v) is 9.94. The van der Waals surface area contributed by atoms with E-state index >= 15 is 0 Å². The van der Waals surface area contributed by atoms with Gasteiger partial charge in [-0.3, -0.25) is 0 Å². The van der Waals surface area contributed by atoms with Gasteiger partial charge in [0, 0.05) is 30.3 Å². The van der Waals surface area contributed by atoms with Crippen molar-refractivity contribution in [1.82, 2.24) is 0 Å². The molecule has 0 aliphatic carbocycles. The summed E-state index contributed by atoms with van der Waals surface area (Å²) in [7, 11) is 5.75. The van der Waals surface area contributed by atoms with Crippen LogP contribution in [-0.4, -0.2) is 32.4 Å². The Morgan fingerprint density at radius 1 is 1.18 bits per heavy atom. The summed E-state index contributed by atoms with van der Waals surface area (Å²) in [6.07, 6.45) is -4.31. The second kappa shape index (κ2) is 4.84. The minimum atomic E-state index is -4.31. The Labute approximate surface area is 104 Å². The van der Waals surface area contributed by atoms with Gasteiger partial charge in [0.25, 0.3) is 0 Å². The third-order valence-corrected chi connectivity index (χ3v) is 3.65. The van der Waals surface area contributed by atoms with Gasteiger partial charge in [0.05, 0.1) is 5.56 Å². The van der Waals surface area contributed by atoms with Crippen molar-refractivity contribution in [3.05, 3.63) is 23.8 Å². The number of rotatable bonds is 1. The Bertz CT molecular complexity index is 402. The van der Waals surface area contributed by atoms with E-state index in [1.54, 1.807) is 11.8 Å². The van der Waals surface area contributed by atoms with Gasteiger partial charge in [-0.2, -0.15) is 24.9 Å². The molecule has 2 radical (unpaired) electrons. The molecule has 0 aromatic heterocycles. The van der Waals surface area contributed by atoms with Crippen LogP contribution in [0.3, 0.4) is 0 Å². The van der Waals surface area contributed by atoms with Crippen molar-refractivity contribution in [3.63, 3.8) is 0 Å². The first-order valence-electron chi connectivity index (χ1n) is 5.28. The second-order valence-electron chi connectivity index (χ2n) is 3.87. The lowest BCUT2D eigenvalue weighted by atomic mass is 9.92. The number of anilines is 1. The van der Waals surface area contributed by atoms with E-state index in [2.05, 4.69) is 0 Å². The van der Waals surface area contributed by atoms with Gasteiger partial charge in [-0.05, 0) is 6.07 Å². The molecule has 17 heavy (non-hydrogen) atoms. The van der Waals surface area contributed by atoms with Crippen molar-refractivity contribution in [2.24, 2.45) is 0 Å². The molecule has 1 saturated heterocycles. The van der Waals surface area contributed by atoms with E-state index in [9.17, 15) is 13.2 Å². The van der Waals surface area contributed by atoms with E-state index in [0.29, 0.717) is 11.2 Å². The van der Waals surface area contributed by atoms with Crippen LogP contribution in [0.4, 0.5) is 18.9 Å². The van der Waals surface area contributed by atoms with Crippen LogP contribution < -0.4 is 10.4 Å². The molecule has 0 spiro atoms. The predicted molar refractivity (Wildman–Crippen MR) is 66.4 cm³/mol. The number of alkyl halides is 3. The van der Waals surface area contributed by atoms with E-state index < -0.39 is 11.7 Å². The van der Waals surface area contributed by atoms with Gasteiger partial charge in [-0.1, -0.05) is 17.6 Å². The number of hydrogen-bond acceptors (Lipinski definition) is 2. The standard InChI is InChI=1S/C11H11BF3NS/c12-9-2-1-8(11(13,14)15)7-10(9)16-3-5-17-6-4-16/h1-2,7H,3-6H2. The normalized spacial score (nSPS) is 17.2. The van der Waals surface area contributed by atoms with E-state index in [0.717, 1.165) is 36.7 Å². The fourth-order valence-corrected chi connectivity index (χ4v) is 2.70. The average Bonchev–Trinajstić information content (AvgIpc) is 2.29. The second-order valence-corrected chi connectivity index (χ2v) is 5.10. The highest BCUT2D eigenvalue weighted by atomic mass is 32.2. The maximum Gasteiger partial charge on any atom is 0.416 e. The zero-order chi connectivity index (χ0) is 12.5. The molecule has 1 aromatic rings. The largest absolute Gasteiger partial charge is 0.416 e. The zero-order valence-electron chi connectivity index (χ0n) is 9.13. The summed E-state index contributed by atoms with van der Waals surface area (Å²) in [5.41, 5.74) is 0.268. The minimum Gasteiger partial charge on any atom is -0.370 e. The lowest BCUT2D eigenvalue weighted by Gasteiger charge is -2.30. The van der Waals surface area contributed by atoms with E-state index in [1.807, 2.05) is 4.90 Å². The summed E-state index contributed by atoms with van der Waals surface area (Å²) in [6, 6.07) is 3.50. The van der Waals surface area contributed by atoms with Crippen LogP contribution in [-0.2, 0) is 6.18 Å². The van der Waals surface area contributed by atoms with Gasteiger partial charge in [-0.15, -0.1) is 0 Å². The minimum absolute atomic E-state index is 0.407. The third kappa shape index (κ3) is 2.91. The van der Waals surface area contributed by atoms with Gasteiger partial charge >= 0.3 is 6.18 Å². The van der Waals surface area contributed by atoms with Crippen molar-refractivity contribution < 1.29 is 13.2 Å². The van der Waals surface area contributed by atoms with Crippen LogP contribution in [0.15, 0.2) is 18.2 Å². The molecular weight excluding hydrogens is 246 g/mol. The SMILES string of the molecule is [B]c1ccc(C(F)(F)F)cc1N1CCSCC1. The molecule has 1 fully saturated rings. The van der Waals surface area contributed by atoms with Gasteiger partial charge < -0.3 is 4.90 Å². The average molecular weight is 257 g/mol. The smallest absolute Gasteiger partial charge is 0.370 e. The lowest BCUT2D eigenvalue weighted by molar-refractivity contribution is -0.137. The Kier molecular flexibility index (Phi) is 3.61. The molecule has 1 aliphatic heterocycles. The maximum absolute atomic E-state index is 12.6. The number of hydrogen-bond donors (Lipinski definition) is 0. The third-order valence-electron chi connectivity index (χ3n) is 2.71. The van der Waals surface area contributed by atoms with Crippen LogP contribution in [0, 0.1) is 0 Å². The monoisotopic (exact) mass is 257 g/mol. The first-order chi connectivity index (χ1) is 7.98. The highest BCUT2D eigenvalue weighted by Crippen LogP contribution is 2.31. The molecular formula is C11H11BF3NS. The molecule has 0 unspecified atom stereocenters.